The van der Waals surface area contributed by atoms with E-state index in [1.54, 1.807) is 18.2 Å². The molecule has 0 heterocycles. The predicted octanol–water partition coefficient (Wildman–Crippen LogP) is 3.59. The summed E-state index contributed by atoms with van der Waals surface area (Å²) in [6.07, 6.45) is 5.03. The number of hydrogen-bond acceptors (Lipinski definition) is 1. The lowest BCUT2D eigenvalue weighted by atomic mass is 9.78. The average Bonchev–Trinajstić information content (AvgIpc) is 2.89. The Balaban J connectivity index is 2.31. The summed E-state index contributed by atoms with van der Waals surface area (Å²) in [4.78, 5) is 11.3. The first-order valence-corrected chi connectivity index (χ1v) is 6.82. The van der Waals surface area contributed by atoms with Crippen molar-refractivity contribution in [2.75, 3.05) is 6.54 Å². The molecule has 1 amide bonds. The van der Waals surface area contributed by atoms with Gasteiger partial charge in [-0.15, -0.1) is 0 Å². The highest BCUT2D eigenvalue weighted by Gasteiger charge is 2.38. The number of rotatable bonds is 4. The number of halogens is 2. The first kappa shape index (κ1) is 14.1. The van der Waals surface area contributed by atoms with Gasteiger partial charge in [-0.3, -0.25) is 4.79 Å². The monoisotopic (exact) mass is 281 g/mol. The number of hydrogen-bond donors (Lipinski definition) is 1. The zero-order valence-electron chi connectivity index (χ0n) is 10.7. The molecule has 0 saturated heterocycles. The van der Waals surface area contributed by atoms with E-state index >= 15 is 0 Å². The summed E-state index contributed by atoms with van der Waals surface area (Å²) < 4.78 is 14.2. The number of benzene rings is 1. The fourth-order valence-electron chi connectivity index (χ4n) is 2.83. The van der Waals surface area contributed by atoms with Crippen LogP contribution in [0.3, 0.4) is 0 Å². The molecule has 0 radical (unpaired) electrons. The minimum atomic E-state index is -0.362. The normalized spacial score (nSPS) is 17.2. The molecule has 1 saturated carbocycles. The maximum atomic E-state index is 14.2. The molecule has 0 spiro atoms. The van der Waals surface area contributed by atoms with Gasteiger partial charge in [0.05, 0.1) is 5.02 Å². The molecule has 1 N–H and O–H groups in total. The molecule has 2 rings (SSSR count). The Morgan fingerprint density at radius 3 is 2.79 bits per heavy atom. The van der Waals surface area contributed by atoms with Gasteiger partial charge in [-0.25, -0.2) is 4.39 Å². The van der Waals surface area contributed by atoms with E-state index in [0.717, 1.165) is 25.7 Å². The Kier molecular flexibility index (Phi) is 4.25. The number of amides is 1. The van der Waals surface area contributed by atoms with Gasteiger partial charge in [-0.05, 0) is 30.5 Å². The molecule has 1 aliphatic carbocycles. The van der Waals surface area contributed by atoms with E-state index in [9.17, 15) is 9.18 Å². The molecule has 19 heavy (non-hydrogen) atoms. The third-order valence-electron chi connectivity index (χ3n) is 3.87. The molecule has 1 aromatic rings. The molecule has 1 aromatic carbocycles. The van der Waals surface area contributed by atoms with E-state index in [1.807, 2.05) is 0 Å². The van der Waals surface area contributed by atoms with Crippen molar-refractivity contribution in [2.45, 2.75) is 31.1 Å². The second kappa shape index (κ2) is 5.74. The fraction of sp³-hybridized carbons (Fsp3) is 0.400. The van der Waals surface area contributed by atoms with Crippen LogP contribution in [0.25, 0.3) is 0 Å². The number of carbonyl (C=O) groups excluding carboxylic acids is 1. The highest BCUT2D eigenvalue weighted by Crippen LogP contribution is 2.42. The van der Waals surface area contributed by atoms with Crippen molar-refractivity contribution in [3.63, 3.8) is 0 Å². The van der Waals surface area contributed by atoms with Gasteiger partial charge in [0.25, 0.3) is 0 Å². The molecule has 1 aliphatic rings. The van der Waals surface area contributed by atoms with Gasteiger partial charge in [0, 0.05) is 12.0 Å². The van der Waals surface area contributed by atoms with Crippen LogP contribution in [-0.4, -0.2) is 12.5 Å². The lowest BCUT2D eigenvalue weighted by molar-refractivity contribution is -0.116. The molecule has 0 unspecified atom stereocenters. The van der Waals surface area contributed by atoms with Gasteiger partial charge in [0.1, 0.15) is 5.82 Å². The first-order valence-electron chi connectivity index (χ1n) is 6.44. The molecule has 4 heteroatoms. The third-order valence-corrected chi connectivity index (χ3v) is 4.16. The van der Waals surface area contributed by atoms with Crippen molar-refractivity contribution < 1.29 is 9.18 Å². The maximum absolute atomic E-state index is 14.2. The summed E-state index contributed by atoms with van der Waals surface area (Å²) in [5.41, 5.74) is 0.273. The van der Waals surface area contributed by atoms with E-state index in [0.29, 0.717) is 12.1 Å². The second-order valence-corrected chi connectivity index (χ2v) is 5.42. The molecule has 0 atom stereocenters. The molecular weight excluding hydrogens is 265 g/mol. The van der Waals surface area contributed by atoms with E-state index in [2.05, 4.69) is 11.9 Å². The van der Waals surface area contributed by atoms with E-state index < -0.39 is 0 Å². The minimum Gasteiger partial charge on any atom is -0.352 e. The lowest BCUT2D eigenvalue weighted by Crippen LogP contribution is -2.39. The predicted molar refractivity (Wildman–Crippen MR) is 74.8 cm³/mol. The van der Waals surface area contributed by atoms with Gasteiger partial charge in [0.2, 0.25) is 5.91 Å². The van der Waals surface area contributed by atoms with Crippen molar-refractivity contribution in [1.82, 2.24) is 5.32 Å². The zero-order valence-corrected chi connectivity index (χ0v) is 11.5. The van der Waals surface area contributed by atoms with Crippen molar-refractivity contribution in [1.29, 1.82) is 0 Å². The van der Waals surface area contributed by atoms with Gasteiger partial charge < -0.3 is 5.32 Å². The summed E-state index contributed by atoms with van der Waals surface area (Å²) >= 11 is 5.87. The van der Waals surface area contributed by atoms with Gasteiger partial charge in [0.15, 0.2) is 0 Å². The molecule has 0 aromatic heterocycles. The Bertz CT molecular complexity index is 495. The summed E-state index contributed by atoms with van der Waals surface area (Å²) in [6, 6.07) is 5.08. The van der Waals surface area contributed by atoms with Crippen LogP contribution in [0, 0.1) is 5.82 Å². The number of carbonyl (C=O) groups is 1. The van der Waals surface area contributed by atoms with Crippen molar-refractivity contribution in [2.24, 2.45) is 0 Å². The van der Waals surface area contributed by atoms with Gasteiger partial charge in [-0.2, -0.15) is 0 Å². The van der Waals surface area contributed by atoms with Crippen LogP contribution in [0.5, 0.6) is 0 Å². The Morgan fingerprint density at radius 1 is 1.47 bits per heavy atom. The molecule has 102 valence electrons. The van der Waals surface area contributed by atoms with Crippen molar-refractivity contribution in [3.8, 4) is 0 Å². The fourth-order valence-corrected chi connectivity index (χ4v) is 3.01. The van der Waals surface area contributed by atoms with Crippen LogP contribution < -0.4 is 5.32 Å². The zero-order chi connectivity index (χ0) is 13.9. The highest BCUT2D eigenvalue weighted by atomic mass is 35.5. The molecule has 1 fully saturated rings. The summed E-state index contributed by atoms with van der Waals surface area (Å²) in [7, 11) is 0. The van der Waals surface area contributed by atoms with Crippen molar-refractivity contribution in [3.05, 3.63) is 47.3 Å². The Labute approximate surface area is 117 Å². The van der Waals surface area contributed by atoms with E-state index in [1.165, 1.54) is 6.08 Å². The van der Waals surface area contributed by atoms with Gasteiger partial charge in [-0.1, -0.05) is 43.2 Å². The number of nitrogens with one attached hydrogen (secondary N) is 1. The smallest absolute Gasteiger partial charge is 0.243 e. The molecule has 0 aliphatic heterocycles. The minimum absolute atomic E-state index is 0.138. The summed E-state index contributed by atoms with van der Waals surface area (Å²) in [5.74, 6) is -0.590. The Hall–Kier alpha value is -1.35. The van der Waals surface area contributed by atoms with Crippen LogP contribution in [0.1, 0.15) is 31.2 Å². The molecule has 0 bridgehead atoms. The standard InChI is InChI=1S/C15H17ClFNO/c1-2-13(19)18-10-15(8-3-4-9-15)11-6-5-7-12(16)14(11)17/h2,5-7H,1,3-4,8-10H2,(H,18,19). The Morgan fingerprint density at radius 2 is 2.16 bits per heavy atom. The maximum Gasteiger partial charge on any atom is 0.243 e. The first-order chi connectivity index (χ1) is 9.09. The van der Waals surface area contributed by atoms with E-state index in [-0.39, 0.29) is 22.2 Å². The molecule has 2 nitrogen and oxygen atoms in total. The quantitative estimate of drug-likeness (QED) is 0.840. The van der Waals surface area contributed by atoms with Crippen LogP contribution in [-0.2, 0) is 10.2 Å². The van der Waals surface area contributed by atoms with Crippen LogP contribution in [0.4, 0.5) is 4.39 Å². The topological polar surface area (TPSA) is 29.1 Å². The summed E-state index contributed by atoms with van der Waals surface area (Å²) in [6.45, 7) is 3.85. The van der Waals surface area contributed by atoms with Crippen LogP contribution in [0.15, 0.2) is 30.9 Å². The van der Waals surface area contributed by atoms with E-state index in [4.69, 9.17) is 11.6 Å². The van der Waals surface area contributed by atoms with Crippen molar-refractivity contribution >= 4 is 17.5 Å². The summed E-state index contributed by atoms with van der Waals surface area (Å²) in [5, 5.41) is 2.93. The second-order valence-electron chi connectivity index (χ2n) is 5.01. The average molecular weight is 282 g/mol. The van der Waals surface area contributed by atoms with Crippen LogP contribution in [0.2, 0.25) is 5.02 Å². The SMILES string of the molecule is C=CC(=O)NCC1(c2cccc(Cl)c2F)CCCC1. The van der Waals surface area contributed by atoms with Crippen LogP contribution >= 0.6 is 11.6 Å². The molecular formula is C15H17ClFNO. The highest BCUT2D eigenvalue weighted by molar-refractivity contribution is 6.30. The lowest BCUT2D eigenvalue weighted by Gasteiger charge is -2.30. The third kappa shape index (κ3) is 2.81. The largest absolute Gasteiger partial charge is 0.352 e. The van der Waals surface area contributed by atoms with Gasteiger partial charge >= 0.3 is 0 Å².